The van der Waals surface area contributed by atoms with Gasteiger partial charge in [-0.2, -0.15) is 0 Å². The highest BCUT2D eigenvalue weighted by Gasteiger charge is 2.43. The third-order valence-corrected chi connectivity index (χ3v) is 9.37. The fourth-order valence-corrected chi connectivity index (χ4v) is 7.03. The molecule has 2 aromatic carbocycles. The number of phenols is 2. The topological polar surface area (TPSA) is 205 Å². The van der Waals surface area contributed by atoms with Gasteiger partial charge >= 0.3 is 5.97 Å². The van der Waals surface area contributed by atoms with Gasteiger partial charge in [0.2, 0.25) is 5.75 Å². The highest BCUT2D eigenvalue weighted by molar-refractivity contribution is 5.74. The first-order valence-electron chi connectivity index (χ1n) is 16.6. The largest absolute Gasteiger partial charge is 0.504 e. The standard InChI is InChI=1S/C36H47N3O10/c1-3-38-27(34-25(7-8-26(34)36(44)45)21-10-11-39-33(37)15-21)18-47-32-14-22(13-31(46-2)35(32)43)29-17-23(41)16-24(49-29)6-4-20-5-9-28(42)30(12-20)48-19-40/h5,7-10,12-15,23-27,29,34,38-43H,3-4,6,11,16-19,37H2,1-2H3,(H,44,45). The molecule has 1 aliphatic carbocycles. The smallest absolute Gasteiger partial charge is 0.310 e. The lowest BCUT2D eigenvalue weighted by Crippen LogP contribution is -2.47. The van der Waals surface area contributed by atoms with Crippen LogP contribution in [0.4, 0.5) is 0 Å². The van der Waals surface area contributed by atoms with E-state index in [-0.39, 0.29) is 47.4 Å². The molecule has 5 rings (SSSR count). The third kappa shape index (κ3) is 8.60. The summed E-state index contributed by atoms with van der Waals surface area (Å²) in [4.78, 5) is 12.4. The highest BCUT2D eigenvalue weighted by atomic mass is 16.6. The van der Waals surface area contributed by atoms with Gasteiger partial charge in [0.1, 0.15) is 6.61 Å². The van der Waals surface area contributed by atoms with E-state index < -0.39 is 42.8 Å². The summed E-state index contributed by atoms with van der Waals surface area (Å²) < 4.78 is 23.3. The first-order chi connectivity index (χ1) is 23.6. The number of dihydropyridines is 1. The molecule has 1 saturated heterocycles. The van der Waals surface area contributed by atoms with Crippen LogP contribution in [-0.2, 0) is 16.0 Å². The number of aliphatic hydroxyl groups excluding tert-OH is 2. The number of aryl methyl sites for hydroxylation is 1. The Bertz CT molecular complexity index is 1560. The number of rotatable bonds is 15. The Labute approximate surface area is 285 Å². The van der Waals surface area contributed by atoms with E-state index in [1.54, 1.807) is 30.3 Å². The summed E-state index contributed by atoms with van der Waals surface area (Å²) in [5, 5.41) is 57.6. The van der Waals surface area contributed by atoms with E-state index in [4.69, 9.17) is 29.8 Å². The molecule has 0 radical (unpaired) electrons. The van der Waals surface area contributed by atoms with E-state index in [9.17, 15) is 25.2 Å². The van der Waals surface area contributed by atoms with Crippen molar-refractivity contribution in [2.75, 3.05) is 33.6 Å². The number of ether oxygens (including phenoxy) is 4. The molecule has 0 aromatic heterocycles. The maximum absolute atomic E-state index is 12.4. The summed E-state index contributed by atoms with van der Waals surface area (Å²) >= 11 is 0. The zero-order valence-corrected chi connectivity index (χ0v) is 27.7. The Morgan fingerprint density at radius 3 is 2.63 bits per heavy atom. The summed E-state index contributed by atoms with van der Waals surface area (Å²) in [6.45, 7) is 2.54. The van der Waals surface area contributed by atoms with Gasteiger partial charge in [-0.05, 0) is 72.8 Å². The van der Waals surface area contributed by atoms with Gasteiger partial charge in [0.25, 0.3) is 0 Å². The van der Waals surface area contributed by atoms with Crippen molar-refractivity contribution in [3.8, 4) is 28.7 Å². The zero-order chi connectivity index (χ0) is 35.1. The van der Waals surface area contributed by atoms with Crippen molar-refractivity contribution < 1.29 is 49.3 Å². The predicted octanol–water partition coefficient (Wildman–Crippen LogP) is 2.84. The third-order valence-electron chi connectivity index (χ3n) is 9.37. The van der Waals surface area contributed by atoms with Crippen LogP contribution in [0.5, 0.6) is 28.7 Å². The van der Waals surface area contributed by atoms with Crippen LogP contribution >= 0.6 is 0 Å². The predicted molar refractivity (Wildman–Crippen MR) is 180 cm³/mol. The number of aliphatic carboxylic acids is 1. The fraction of sp³-hybridized carbons (Fsp3) is 0.472. The number of carboxylic acid groups (broad SMARTS) is 1. The molecule has 13 heteroatoms. The molecule has 3 aliphatic rings. The van der Waals surface area contributed by atoms with Crippen molar-refractivity contribution in [2.24, 2.45) is 23.5 Å². The minimum atomic E-state index is -0.934. The molecule has 2 aliphatic heterocycles. The van der Waals surface area contributed by atoms with Crippen LogP contribution < -0.4 is 30.6 Å². The van der Waals surface area contributed by atoms with Crippen LogP contribution in [0.2, 0.25) is 0 Å². The second-order valence-corrected chi connectivity index (χ2v) is 12.6. The van der Waals surface area contributed by atoms with Gasteiger partial charge in [0.15, 0.2) is 29.8 Å². The number of aliphatic hydroxyl groups is 2. The molecule has 9 N–H and O–H groups in total. The molecule has 7 atom stereocenters. The molecular weight excluding hydrogens is 634 g/mol. The number of hydrogen-bond donors (Lipinski definition) is 8. The molecule has 13 nitrogen and oxygen atoms in total. The summed E-state index contributed by atoms with van der Waals surface area (Å²) in [5.74, 6) is -1.53. The van der Waals surface area contributed by atoms with Crippen LogP contribution in [0.25, 0.3) is 0 Å². The zero-order valence-electron chi connectivity index (χ0n) is 27.7. The number of nitrogens with two attached hydrogens (primary N) is 1. The SMILES string of the molecule is CCNC(COc1cc(C2CC(O)CC(CCc3ccc(O)c(OCO)c3)O2)cc(OC)c1O)C1C(C(=O)O)C=CC1C1=CCNC(N)=C1. The fourth-order valence-electron chi connectivity index (χ4n) is 7.03. The number of carbonyl (C=O) groups is 1. The average Bonchev–Trinajstić information content (AvgIpc) is 3.53. The highest BCUT2D eigenvalue weighted by Crippen LogP contribution is 2.44. The second kappa shape index (κ2) is 16.3. The van der Waals surface area contributed by atoms with Crippen molar-refractivity contribution in [1.82, 2.24) is 10.6 Å². The van der Waals surface area contributed by atoms with Gasteiger partial charge in [-0.25, -0.2) is 0 Å². The maximum Gasteiger partial charge on any atom is 0.310 e. The Kier molecular flexibility index (Phi) is 11.9. The monoisotopic (exact) mass is 681 g/mol. The number of benzene rings is 2. The number of methoxy groups -OCH3 is 1. The molecule has 266 valence electrons. The van der Waals surface area contributed by atoms with Gasteiger partial charge in [0.05, 0.1) is 37.2 Å². The number of hydrogen-bond acceptors (Lipinski definition) is 12. The molecular formula is C36H47N3O10. The van der Waals surface area contributed by atoms with Crippen LogP contribution in [0.3, 0.4) is 0 Å². The quantitative estimate of drug-likeness (QED) is 0.101. The summed E-state index contributed by atoms with van der Waals surface area (Å²) in [6.07, 6.45) is 7.95. The van der Waals surface area contributed by atoms with E-state index in [1.165, 1.54) is 13.2 Å². The van der Waals surface area contributed by atoms with Gasteiger partial charge in [0, 0.05) is 30.8 Å². The number of nitrogens with one attached hydrogen (secondary N) is 2. The number of aromatic hydroxyl groups is 2. The number of likely N-dealkylation sites (N-methyl/N-ethyl adjacent to an activating group) is 1. The Hall–Kier alpha value is -4.43. The molecule has 49 heavy (non-hydrogen) atoms. The molecule has 2 heterocycles. The summed E-state index contributed by atoms with van der Waals surface area (Å²) in [6, 6.07) is 7.87. The second-order valence-electron chi connectivity index (χ2n) is 12.6. The van der Waals surface area contributed by atoms with E-state index >= 15 is 0 Å². The number of allylic oxidation sites excluding steroid dienone is 3. The molecule has 0 spiro atoms. The van der Waals surface area contributed by atoms with Crippen molar-refractivity contribution >= 4 is 5.97 Å². The molecule has 0 amide bonds. The van der Waals surface area contributed by atoms with Gasteiger partial charge in [-0.3, -0.25) is 4.79 Å². The van der Waals surface area contributed by atoms with Gasteiger partial charge in [-0.1, -0.05) is 31.2 Å². The van der Waals surface area contributed by atoms with Crippen LogP contribution in [0.15, 0.2) is 66.0 Å². The minimum Gasteiger partial charge on any atom is -0.504 e. The maximum atomic E-state index is 12.4. The summed E-state index contributed by atoms with van der Waals surface area (Å²) in [5.41, 5.74) is 8.51. The van der Waals surface area contributed by atoms with E-state index in [1.807, 2.05) is 25.2 Å². The van der Waals surface area contributed by atoms with Crippen LogP contribution in [0.1, 0.15) is 43.4 Å². The van der Waals surface area contributed by atoms with Crippen molar-refractivity contribution in [3.63, 3.8) is 0 Å². The molecule has 7 unspecified atom stereocenters. The van der Waals surface area contributed by atoms with E-state index in [0.717, 1.165) is 11.1 Å². The van der Waals surface area contributed by atoms with Crippen LogP contribution in [-0.4, -0.2) is 83.4 Å². The molecule has 1 fully saturated rings. The van der Waals surface area contributed by atoms with Crippen LogP contribution in [0, 0.1) is 17.8 Å². The molecule has 0 saturated carbocycles. The van der Waals surface area contributed by atoms with Gasteiger partial charge in [-0.15, -0.1) is 0 Å². The Morgan fingerprint density at radius 2 is 1.92 bits per heavy atom. The summed E-state index contributed by atoms with van der Waals surface area (Å²) in [7, 11) is 1.44. The van der Waals surface area contributed by atoms with Crippen molar-refractivity contribution in [1.29, 1.82) is 0 Å². The lowest BCUT2D eigenvalue weighted by Gasteiger charge is -2.34. The molecule has 2 aromatic rings. The first kappa shape index (κ1) is 35.9. The minimum absolute atomic E-state index is 0.0523. The first-order valence-corrected chi connectivity index (χ1v) is 16.6. The lowest BCUT2D eigenvalue weighted by molar-refractivity contribution is -0.142. The molecule has 0 bridgehead atoms. The Morgan fingerprint density at radius 1 is 1.12 bits per heavy atom. The number of phenolic OH excluding ortho intramolecular Hbond substituents is 2. The number of carboxylic acids is 1. The Balaban J connectivity index is 1.33. The average molecular weight is 682 g/mol. The van der Waals surface area contributed by atoms with Crippen molar-refractivity contribution in [2.45, 2.75) is 57.0 Å². The van der Waals surface area contributed by atoms with E-state index in [2.05, 4.69) is 10.6 Å². The van der Waals surface area contributed by atoms with E-state index in [0.29, 0.717) is 50.2 Å². The lowest BCUT2D eigenvalue weighted by atomic mass is 9.78. The van der Waals surface area contributed by atoms with Gasteiger partial charge < -0.3 is 60.8 Å². The normalized spacial score (nSPS) is 25.6. The van der Waals surface area contributed by atoms with Crippen molar-refractivity contribution in [3.05, 3.63) is 77.2 Å².